The van der Waals surface area contributed by atoms with E-state index >= 15 is 0 Å². The Morgan fingerprint density at radius 3 is 3.08 bits per heavy atom. The Morgan fingerprint density at radius 2 is 2.25 bits per heavy atom. The van der Waals surface area contributed by atoms with Crippen LogP contribution in [0.1, 0.15) is 44.9 Å². The quantitative estimate of drug-likeness (QED) is 0.821. The molecule has 1 aliphatic rings. The normalized spacial score (nSPS) is 18.8. The van der Waals surface area contributed by atoms with Gasteiger partial charge in [0.25, 0.3) is 0 Å². The summed E-state index contributed by atoms with van der Waals surface area (Å²) in [5.41, 5.74) is 2.06. The average Bonchev–Trinajstić information content (AvgIpc) is 2.99. The number of imidazole rings is 1. The zero-order chi connectivity index (χ0) is 16.8. The van der Waals surface area contributed by atoms with Crippen molar-refractivity contribution in [3.05, 3.63) is 30.1 Å². The molecule has 0 unspecified atom stereocenters. The molecule has 5 heteroatoms. The number of aromatic nitrogens is 2. The summed E-state index contributed by atoms with van der Waals surface area (Å²) in [4.78, 5) is 22.3. The monoisotopic (exact) mass is 328 g/mol. The van der Waals surface area contributed by atoms with Crippen LogP contribution < -0.4 is 5.32 Å². The summed E-state index contributed by atoms with van der Waals surface area (Å²) >= 11 is 0. The number of H-pyrrole nitrogens is 1. The zero-order valence-electron chi connectivity index (χ0n) is 14.6. The number of hydrogen-bond acceptors (Lipinski definition) is 3. The second-order valence-electron chi connectivity index (χ2n) is 6.78. The molecular weight excluding hydrogens is 300 g/mol. The standard InChI is InChI=1S/C19H28N4O/c1-15-7-4-5-13-23(15)14-12-20-19(24)11-6-10-18-21-16-8-2-3-9-17(16)22-18/h2-3,8-9,15H,4-7,10-14H2,1H3,(H,20,24)(H,21,22)/t15-/m0/s1. The number of carbonyl (C=O) groups is 1. The summed E-state index contributed by atoms with van der Waals surface area (Å²) < 4.78 is 0. The van der Waals surface area contributed by atoms with Crippen LogP contribution in [-0.2, 0) is 11.2 Å². The number of aromatic amines is 1. The lowest BCUT2D eigenvalue weighted by Gasteiger charge is -2.33. The fourth-order valence-corrected chi connectivity index (χ4v) is 3.46. The van der Waals surface area contributed by atoms with Gasteiger partial charge in [-0.3, -0.25) is 9.69 Å². The van der Waals surface area contributed by atoms with Crippen LogP contribution in [0.4, 0.5) is 0 Å². The molecule has 0 radical (unpaired) electrons. The predicted octanol–water partition coefficient (Wildman–Crippen LogP) is 2.88. The van der Waals surface area contributed by atoms with Gasteiger partial charge in [0, 0.05) is 32.0 Å². The minimum absolute atomic E-state index is 0.149. The lowest BCUT2D eigenvalue weighted by atomic mass is 10.0. The Morgan fingerprint density at radius 1 is 1.38 bits per heavy atom. The number of nitrogens with zero attached hydrogens (tertiary/aromatic N) is 2. The number of amides is 1. The molecule has 0 bridgehead atoms. The van der Waals surface area contributed by atoms with E-state index in [9.17, 15) is 4.79 Å². The number of fused-ring (bicyclic) bond motifs is 1. The topological polar surface area (TPSA) is 61.0 Å². The Balaban J connectivity index is 1.33. The third-order valence-electron chi connectivity index (χ3n) is 4.92. The van der Waals surface area contributed by atoms with Crippen LogP contribution in [0.2, 0.25) is 0 Å². The third-order valence-corrected chi connectivity index (χ3v) is 4.92. The fourth-order valence-electron chi connectivity index (χ4n) is 3.46. The second-order valence-corrected chi connectivity index (χ2v) is 6.78. The van der Waals surface area contributed by atoms with Crippen LogP contribution in [0.5, 0.6) is 0 Å². The van der Waals surface area contributed by atoms with Crippen LogP contribution in [0.15, 0.2) is 24.3 Å². The first kappa shape index (κ1) is 17.0. The third kappa shape index (κ3) is 4.57. The van der Waals surface area contributed by atoms with Gasteiger partial charge >= 0.3 is 0 Å². The summed E-state index contributed by atoms with van der Waals surface area (Å²) in [6.45, 7) is 5.18. The highest BCUT2D eigenvalue weighted by Gasteiger charge is 2.17. The van der Waals surface area contributed by atoms with E-state index in [2.05, 4.69) is 27.1 Å². The summed E-state index contributed by atoms with van der Waals surface area (Å²) in [7, 11) is 0. The van der Waals surface area contributed by atoms with Crippen LogP contribution in [0, 0.1) is 0 Å². The van der Waals surface area contributed by atoms with Crippen molar-refractivity contribution in [2.45, 2.75) is 51.5 Å². The molecule has 1 fully saturated rings. The molecular formula is C19H28N4O. The van der Waals surface area contributed by atoms with Gasteiger partial charge in [-0.25, -0.2) is 4.98 Å². The smallest absolute Gasteiger partial charge is 0.220 e. The van der Waals surface area contributed by atoms with Crippen molar-refractivity contribution in [2.75, 3.05) is 19.6 Å². The molecule has 1 aromatic carbocycles. The van der Waals surface area contributed by atoms with Gasteiger partial charge in [-0.2, -0.15) is 0 Å². The fraction of sp³-hybridized carbons (Fsp3) is 0.579. The zero-order valence-corrected chi connectivity index (χ0v) is 14.6. The van der Waals surface area contributed by atoms with Gasteiger partial charge in [-0.1, -0.05) is 18.6 Å². The van der Waals surface area contributed by atoms with Crippen LogP contribution >= 0.6 is 0 Å². The number of piperidine rings is 1. The highest BCUT2D eigenvalue weighted by atomic mass is 16.1. The van der Waals surface area contributed by atoms with Crippen LogP contribution in [0.25, 0.3) is 11.0 Å². The Hall–Kier alpha value is -1.88. The van der Waals surface area contributed by atoms with Gasteiger partial charge in [0.05, 0.1) is 11.0 Å². The summed E-state index contributed by atoms with van der Waals surface area (Å²) in [6, 6.07) is 8.68. The molecule has 1 amide bonds. The first-order valence-corrected chi connectivity index (χ1v) is 9.17. The molecule has 1 aromatic heterocycles. The molecule has 2 heterocycles. The number of hydrogen-bond donors (Lipinski definition) is 2. The number of aryl methyl sites for hydroxylation is 1. The van der Waals surface area contributed by atoms with Gasteiger partial charge in [0.15, 0.2) is 0 Å². The van der Waals surface area contributed by atoms with E-state index < -0.39 is 0 Å². The molecule has 3 rings (SSSR count). The first-order valence-electron chi connectivity index (χ1n) is 9.17. The van der Waals surface area contributed by atoms with Crippen molar-refractivity contribution in [1.82, 2.24) is 20.2 Å². The highest BCUT2D eigenvalue weighted by Crippen LogP contribution is 2.15. The molecule has 24 heavy (non-hydrogen) atoms. The predicted molar refractivity (Wildman–Crippen MR) is 96.9 cm³/mol. The van der Waals surface area contributed by atoms with Gasteiger partial charge in [-0.05, 0) is 44.9 Å². The first-order chi connectivity index (χ1) is 11.7. The number of likely N-dealkylation sites (tertiary alicyclic amines) is 1. The Labute approximate surface area is 143 Å². The highest BCUT2D eigenvalue weighted by molar-refractivity contribution is 5.76. The van der Waals surface area contributed by atoms with E-state index in [0.29, 0.717) is 12.5 Å². The number of nitrogens with one attached hydrogen (secondary N) is 2. The number of carbonyl (C=O) groups excluding carboxylic acids is 1. The van der Waals surface area contributed by atoms with E-state index in [1.165, 1.54) is 25.8 Å². The molecule has 2 N–H and O–H groups in total. The van der Waals surface area contributed by atoms with Gasteiger partial charge in [-0.15, -0.1) is 0 Å². The number of para-hydroxylation sites is 2. The van der Waals surface area contributed by atoms with Crippen molar-refractivity contribution >= 4 is 16.9 Å². The minimum Gasteiger partial charge on any atom is -0.355 e. The maximum absolute atomic E-state index is 12.0. The lowest BCUT2D eigenvalue weighted by Crippen LogP contribution is -2.42. The van der Waals surface area contributed by atoms with Crippen molar-refractivity contribution in [3.63, 3.8) is 0 Å². The van der Waals surface area contributed by atoms with Crippen molar-refractivity contribution in [3.8, 4) is 0 Å². The maximum atomic E-state index is 12.0. The Bertz CT molecular complexity index is 633. The molecule has 1 saturated heterocycles. The number of benzene rings is 1. The molecule has 0 spiro atoms. The SMILES string of the molecule is C[C@H]1CCCCN1CCNC(=O)CCCc1nc2ccccc2[nH]1. The Kier molecular flexibility index (Phi) is 5.86. The molecule has 1 atom stereocenters. The summed E-state index contributed by atoms with van der Waals surface area (Å²) in [5, 5.41) is 3.05. The van der Waals surface area contributed by atoms with E-state index in [1.54, 1.807) is 0 Å². The lowest BCUT2D eigenvalue weighted by molar-refractivity contribution is -0.121. The van der Waals surface area contributed by atoms with Crippen molar-refractivity contribution < 1.29 is 4.79 Å². The van der Waals surface area contributed by atoms with E-state index in [-0.39, 0.29) is 5.91 Å². The average molecular weight is 328 g/mol. The van der Waals surface area contributed by atoms with Gasteiger partial charge < -0.3 is 10.3 Å². The van der Waals surface area contributed by atoms with E-state index in [4.69, 9.17) is 0 Å². The number of rotatable bonds is 7. The van der Waals surface area contributed by atoms with Crippen LogP contribution in [0.3, 0.4) is 0 Å². The molecule has 130 valence electrons. The minimum atomic E-state index is 0.149. The van der Waals surface area contributed by atoms with E-state index in [0.717, 1.165) is 42.8 Å². The molecule has 2 aromatic rings. The molecule has 5 nitrogen and oxygen atoms in total. The van der Waals surface area contributed by atoms with Crippen molar-refractivity contribution in [2.24, 2.45) is 0 Å². The molecule has 1 aliphatic heterocycles. The molecule has 0 aliphatic carbocycles. The van der Waals surface area contributed by atoms with Gasteiger partial charge in [0.1, 0.15) is 5.82 Å². The van der Waals surface area contributed by atoms with Crippen molar-refractivity contribution in [1.29, 1.82) is 0 Å². The van der Waals surface area contributed by atoms with E-state index in [1.807, 2.05) is 24.3 Å². The van der Waals surface area contributed by atoms with Crippen LogP contribution in [-0.4, -0.2) is 46.5 Å². The maximum Gasteiger partial charge on any atom is 0.220 e. The molecule has 0 saturated carbocycles. The summed E-state index contributed by atoms with van der Waals surface area (Å²) in [6.07, 6.45) is 6.11. The largest absolute Gasteiger partial charge is 0.355 e. The van der Waals surface area contributed by atoms with Gasteiger partial charge in [0.2, 0.25) is 5.91 Å². The second kappa shape index (κ2) is 8.29. The summed E-state index contributed by atoms with van der Waals surface area (Å²) in [5.74, 6) is 1.11.